The van der Waals surface area contributed by atoms with Crippen LogP contribution in [0.3, 0.4) is 0 Å². The molecule has 2 N–H and O–H groups in total. The monoisotopic (exact) mass is 118 g/mol. The third-order valence-corrected chi connectivity index (χ3v) is 0.691. The van der Waals surface area contributed by atoms with Gasteiger partial charge >= 0.3 is 5.97 Å². The molecule has 0 bridgehead atoms. The van der Waals surface area contributed by atoms with Crippen LogP contribution in [0.1, 0.15) is 0 Å². The summed E-state index contributed by atoms with van der Waals surface area (Å²) in [7, 11) is 0. The molecule has 0 unspecified atom stereocenters. The number of nitrogens with one attached hydrogen (secondary N) is 1. The maximum Gasteiger partial charge on any atom is 0.350 e. The van der Waals surface area contributed by atoms with Crippen molar-refractivity contribution in [2.75, 3.05) is 5.75 Å². The summed E-state index contributed by atoms with van der Waals surface area (Å²) < 4.78 is 0. The van der Waals surface area contributed by atoms with Gasteiger partial charge in [-0.05, 0) is 0 Å². The molecule has 0 aliphatic carbocycles. The minimum absolute atomic E-state index is 0.116. The molecule has 4 heteroatoms. The average Bonchev–Trinajstić information content (AvgIpc) is 1.65. The van der Waals surface area contributed by atoms with E-state index < -0.39 is 11.7 Å². The molecule has 0 heterocycles. The predicted molar refractivity (Wildman–Crippen MR) is 27.8 cm³/mol. The molecular formula is C3H4NO2S. The van der Waals surface area contributed by atoms with Crippen molar-refractivity contribution < 1.29 is 9.90 Å². The molecule has 39 valence electrons. The van der Waals surface area contributed by atoms with Gasteiger partial charge in [0.2, 0.25) is 0 Å². The highest BCUT2D eigenvalue weighted by atomic mass is 32.1. The minimum Gasteiger partial charge on any atom is -0.477 e. The van der Waals surface area contributed by atoms with E-state index in [1.165, 1.54) is 0 Å². The molecule has 0 fully saturated rings. The van der Waals surface area contributed by atoms with Crippen molar-refractivity contribution in [3.05, 3.63) is 0 Å². The summed E-state index contributed by atoms with van der Waals surface area (Å²) >= 11 is 4.25. The van der Waals surface area contributed by atoms with Crippen molar-refractivity contribution in [2.24, 2.45) is 0 Å². The Balaban J connectivity index is 3.58. The number of hydrogen-bond acceptors (Lipinski definition) is 2. The molecule has 0 aromatic rings. The van der Waals surface area contributed by atoms with Gasteiger partial charge in [-0.15, -0.1) is 0 Å². The largest absolute Gasteiger partial charge is 0.477 e. The predicted octanol–water partition coefficient (Wildman–Crippen LogP) is 0.288. The summed E-state index contributed by atoms with van der Waals surface area (Å²) in [6, 6.07) is 0. The van der Waals surface area contributed by atoms with Gasteiger partial charge in [0.1, 0.15) is 5.71 Å². The van der Waals surface area contributed by atoms with Gasteiger partial charge in [0.15, 0.2) is 0 Å². The first-order chi connectivity index (χ1) is 3.18. The second kappa shape index (κ2) is 2.63. The first-order valence-corrected chi connectivity index (χ1v) is 2.15. The van der Waals surface area contributed by atoms with Crippen molar-refractivity contribution in [3.8, 4) is 0 Å². The van der Waals surface area contributed by atoms with E-state index in [0.717, 1.165) is 0 Å². The van der Waals surface area contributed by atoms with Gasteiger partial charge in [0.25, 0.3) is 0 Å². The molecule has 0 saturated heterocycles. The zero-order valence-corrected chi connectivity index (χ0v) is 4.29. The Labute approximate surface area is 46.3 Å². The highest BCUT2D eigenvalue weighted by Gasteiger charge is 2.00. The van der Waals surface area contributed by atoms with Crippen LogP contribution in [0.5, 0.6) is 0 Å². The Kier molecular flexibility index (Phi) is 2.44. The van der Waals surface area contributed by atoms with Crippen LogP contribution in [-0.4, -0.2) is 22.5 Å². The first kappa shape index (κ1) is 6.49. The van der Waals surface area contributed by atoms with Crippen LogP contribution >= 0.6 is 12.6 Å². The number of carbonyl (C=O) groups is 1. The van der Waals surface area contributed by atoms with E-state index in [-0.39, 0.29) is 5.75 Å². The molecule has 0 aliphatic rings. The highest BCUT2D eigenvalue weighted by molar-refractivity contribution is 7.81. The Hall–Kier alpha value is -0.510. The molecule has 0 saturated carbocycles. The lowest BCUT2D eigenvalue weighted by Crippen LogP contribution is -2.11. The van der Waals surface area contributed by atoms with Gasteiger partial charge in [0.05, 0.1) is 5.75 Å². The van der Waals surface area contributed by atoms with E-state index in [4.69, 9.17) is 10.5 Å². The lowest BCUT2D eigenvalue weighted by molar-refractivity contribution is -0.129. The molecule has 0 aromatic carbocycles. The summed E-state index contributed by atoms with van der Waals surface area (Å²) in [6.07, 6.45) is 0. The Morgan fingerprint density at radius 3 is 2.29 bits per heavy atom. The van der Waals surface area contributed by atoms with Gasteiger partial charge in [-0.1, -0.05) is 12.6 Å². The molecule has 7 heavy (non-hydrogen) atoms. The number of aliphatic carboxylic acids is 1. The molecule has 0 aromatic heterocycles. The molecule has 0 atom stereocenters. The van der Waals surface area contributed by atoms with Crippen LogP contribution in [0, 0.1) is 5.41 Å². The average molecular weight is 118 g/mol. The zero-order chi connectivity index (χ0) is 5.86. The fourth-order valence-electron chi connectivity index (χ4n) is 0.0617. The van der Waals surface area contributed by atoms with E-state index in [0.29, 0.717) is 0 Å². The second-order valence-corrected chi connectivity index (χ2v) is 1.22. The Morgan fingerprint density at radius 2 is 2.29 bits per heavy atom. The van der Waals surface area contributed by atoms with E-state index in [1.807, 2.05) is 0 Å². The third kappa shape index (κ3) is 2.22. The van der Waals surface area contributed by atoms with E-state index in [1.54, 1.807) is 0 Å². The van der Waals surface area contributed by atoms with Crippen molar-refractivity contribution in [2.45, 2.75) is 0 Å². The quantitative estimate of drug-likeness (QED) is 0.512. The van der Waals surface area contributed by atoms with Crippen LogP contribution in [-0.2, 0) is 4.79 Å². The van der Waals surface area contributed by atoms with Crippen LogP contribution in [0.25, 0.3) is 0 Å². The number of rotatable bonds is 2. The van der Waals surface area contributed by atoms with E-state index in [2.05, 4.69) is 12.6 Å². The summed E-state index contributed by atoms with van der Waals surface area (Å²) in [5, 5.41) is 14.4. The standard InChI is InChI=1S/C3H4NO2S/c4-2(1-7)3(5)6/h4H,1H2,(H,5,6). The Morgan fingerprint density at radius 1 is 1.86 bits per heavy atom. The Bertz CT molecular complexity index is 101. The molecular weight excluding hydrogens is 114 g/mol. The third-order valence-electron chi connectivity index (χ3n) is 0.402. The number of carboxylic acids is 1. The van der Waals surface area contributed by atoms with Crippen molar-refractivity contribution in [3.63, 3.8) is 0 Å². The van der Waals surface area contributed by atoms with Gasteiger partial charge in [-0.3, -0.25) is 5.41 Å². The van der Waals surface area contributed by atoms with Gasteiger partial charge in [0, 0.05) is 0 Å². The van der Waals surface area contributed by atoms with Gasteiger partial charge in [-0.2, -0.15) is 0 Å². The fourth-order valence-corrected chi connectivity index (χ4v) is 0.185. The fraction of sp³-hybridized carbons (Fsp3) is 0.333. The normalized spacial score (nSPS) is 8.14. The summed E-state index contributed by atoms with van der Waals surface area (Å²) in [6.45, 7) is 0. The molecule has 0 rings (SSSR count). The first-order valence-electron chi connectivity index (χ1n) is 1.57. The maximum absolute atomic E-state index is 9.64. The topological polar surface area (TPSA) is 61.2 Å². The van der Waals surface area contributed by atoms with E-state index >= 15 is 0 Å². The number of hydrogen-bond donors (Lipinski definition) is 2. The zero-order valence-electron chi connectivity index (χ0n) is 3.47. The van der Waals surface area contributed by atoms with Gasteiger partial charge in [-0.25, -0.2) is 4.79 Å². The maximum atomic E-state index is 9.64. The molecule has 1 radical (unpaired) electrons. The molecule has 0 spiro atoms. The summed E-state index contributed by atoms with van der Waals surface area (Å²) in [4.78, 5) is 9.64. The smallest absolute Gasteiger partial charge is 0.350 e. The minimum atomic E-state index is -1.23. The van der Waals surface area contributed by atoms with Crippen molar-refractivity contribution in [1.82, 2.24) is 0 Å². The second-order valence-electron chi connectivity index (χ2n) is 0.928. The van der Waals surface area contributed by atoms with Gasteiger partial charge < -0.3 is 5.11 Å². The SMILES string of the molecule is N=C(C[S])C(=O)O. The highest BCUT2D eigenvalue weighted by Crippen LogP contribution is 1.76. The number of carboxylic acid groups (broad SMARTS) is 1. The van der Waals surface area contributed by atoms with Crippen LogP contribution in [0.15, 0.2) is 0 Å². The lowest BCUT2D eigenvalue weighted by Gasteiger charge is -1.84. The molecule has 0 amide bonds. The lowest BCUT2D eigenvalue weighted by atomic mass is 10.4. The summed E-state index contributed by atoms with van der Waals surface area (Å²) in [5.41, 5.74) is -0.421. The molecule has 0 aliphatic heterocycles. The van der Waals surface area contributed by atoms with Crippen molar-refractivity contribution >= 4 is 24.3 Å². The molecule has 3 nitrogen and oxygen atoms in total. The van der Waals surface area contributed by atoms with Crippen LogP contribution in [0.2, 0.25) is 0 Å². The van der Waals surface area contributed by atoms with Crippen LogP contribution < -0.4 is 0 Å². The van der Waals surface area contributed by atoms with Crippen LogP contribution in [0.4, 0.5) is 0 Å². The van der Waals surface area contributed by atoms with E-state index in [9.17, 15) is 4.79 Å². The van der Waals surface area contributed by atoms with Crippen molar-refractivity contribution in [1.29, 1.82) is 5.41 Å². The summed E-state index contributed by atoms with van der Waals surface area (Å²) in [5.74, 6) is -1.34.